The fraction of sp³-hybridized carbons (Fsp3) is 0.946. The Kier molecular flexibility index (Phi) is 30.4. The van der Waals surface area contributed by atoms with Crippen LogP contribution in [0.3, 0.4) is 0 Å². The lowest BCUT2D eigenvalue weighted by Gasteiger charge is -2.28. The van der Waals surface area contributed by atoms with E-state index in [4.69, 9.17) is 0 Å². The summed E-state index contributed by atoms with van der Waals surface area (Å²) in [5.41, 5.74) is 0. The Balaban J connectivity index is 3.82. The monoisotopic (exact) mass is 564 g/mol. The predicted octanol–water partition coefficient (Wildman–Crippen LogP) is 12.1. The lowest BCUT2D eigenvalue weighted by Crippen LogP contribution is -2.43. The lowest BCUT2D eigenvalue weighted by molar-refractivity contribution is -0.139. The highest BCUT2D eigenvalue weighted by Gasteiger charge is 2.24. The Morgan fingerprint density at radius 1 is 0.425 bits per heavy atom. The van der Waals surface area contributed by atoms with Crippen LogP contribution in [-0.2, 0) is 9.59 Å². The molecule has 0 bridgehead atoms. The number of hydrogen-bond acceptors (Lipinski definition) is 2. The molecule has 0 heterocycles. The number of rotatable bonds is 32. The molecule has 0 aromatic heterocycles. The molecule has 0 aliphatic heterocycles. The molecule has 0 N–H and O–H groups in total. The largest absolute Gasteiger partial charge is 0.333 e. The van der Waals surface area contributed by atoms with Gasteiger partial charge in [-0.05, 0) is 26.2 Å². The van der Waals surface area contributed by atoms with E-state index in [1.54, 1.807) is 0 Å². The summed E-state index contributed by atoms with van der Waals surface area (Å²) in [6.07, 6.45) is 36.5. The first-order valence-corrected chi connectivity index (χ1v) is 18.4. The first kappa shape index (κ1) is 39.1. The minimum absolute atomic E-state index is 0.191. The number of carbonyl (C=O) groups excluding carboxylic acids is 2. The minimum atomic E-state index is -0.258. The third kappa shape index (κ3) is 24.9. The molecular formula is C37H73NO2. The number of unbranched alkanes of at least 4 members (excludes halogenated alkanes) is 24. The maximum absolute atomic E-state index is 12.9. The van der Waals surface area contributed by atoms with E-state index in [9.17, 15) is 9.59 Å². The molecule has 0 spiro atoms. The summed E-state index contributed by atoms with van der Waals surface area (Å²) in [4.78, 5) is 27.7. The minimum Gasteiger partial charge on any atom is -0.333 e. The van der Waals surface area contributed by atoms with Crippen molar-refractivity contribution < 1.29 is 9.59 Å². The summed E-state index contributed by atoms with van der Waals surface area (Å²) in [6, 6.07) is -0.258. The predicted molar refractivity (Wildman–Crippen MR) is 177 cm³/mol. The van der Waals surface area contributed by atoms with E-state index in [2.05, 4.69) is 20.8 Å². The molecule has 0 aliphatic carbocycles. The van der Waals surface area contributed by atoms with Crippen molar-refractivity contribution in [2.24, 2.45) is 0 Å². The first-order valence-electron chi connectivity index (χ1n) is 18.4. The van der Waals surface area contributed by atoms with Crippen LogP contribution in [0.5, 0.6) is 0 Å². The molecule has 3 nitrogen and oxygen atoms in total. The van der Waals surface area contributed by atoms with Crippen LogP contribution in [0.15, 0.2) is 0 Å². The average Bonchev–Trinajstić information content (AvgIpc) is 2.96. The number of amides is 1. The highest BCUT2D eigenvalue weighted by molar-refractivity contribution is 5.88. The molecule has 1 atom stereocenters. The molecule has 1 amide bonds. The quantitative estimate of drug-likeness (QED) is 0.0763. The summed E-state index contributed by atoms with van der Waals surface area (Å²) >= 11 is 0. The van der Waals surface area contributed by atoms with E-state index < -0.39 is 0 Å². The molecule has 0 saturated heterocycles. The van der Waals surface area contributed by atoms with Gasteiger partial charge in [-0.25, -0.2) is 0 Å². The van der Waals surface area contributed by atoms with Crippen LogP contribution in [-0.4, -0.2) is 29.2 Å². The second kappa shape index (κ2) is 31.1. The maximum Gasteiger partial charge on any atom is 0.223 e. The van der Waals surface area contributed by atoms with Crippen LogP contribution in [0, 0.1) is 0 Å². The van der Waals surface area contributed by atoms with Gasteiger partial charge in [-0.2, -0.15) is 0 Å². The Labute approximate surface area is 252 Å². The number of ketones is 1. The zero-order valence-corrected chi connectivity index (χ0v) is 28.1. The van der Waals surface area contributed by atoms with Gasteiger partial charge in [-0.1, -0.05) is 175 Å². The standard InChI is InChI=1S/C37H73NO2/c1-5-8-10-12-14-16-18-20-22-24-26-28-30-32-36(39)35(4)38(34-7-3)37(40)33-31-29-27-25-23-21-19-17-15-13-11-9-6-2/h35H,5-34H2,1-4H3. The van der Waals surface area contributed by atoms with Crippen molar-refractivity contribution in [1.29, 1.82) is 0 Å². The average molecular weight is 564 g/mol. The summed E-state index contributed by atoms with van der Waals surface area (Å²) in [5, 5.41) is 0. The van der Waals surface area contributed by atoms with Crippen molar-refractivity contribution in [3.05, 3.63) is 0 Å². The summed E-state index contributed by atoms with van der Waals surface area (Å²) < 4.78 is 0. The molecule has 0 radical (unpaired) electrons. The highest BCUT2D eigenvalue weighted by atomic mass is 16.2. The third-order valence-corrected chi connectivity index (χ3v) is 8.74. The molecule has 0 aromatic carbocycles. The van der Waals surface area contributed by atoms with E-state index in [1.165, 1.54) is 141 Å². The summed E-state index contributed by atoms with van der Waals surface area (Å²) in [5.74, 6) is 0.450. The second-order valence-corrected chi connectivity index (χ2v) is 12.7. The molecule has 1 unspecified atom stereocenters. The SMILES string of the molecule is CCCCCCCCCCCCCCCC(=O)C(C)N(CCC)C(=O)CCCCCCCCCCCCCCC. The van der Waals surface area contributed by atoms with Crippen molar-refractivity contribution in [3.8, 4) is 0 Å². The van der Waals surface area contributed by atoms with E-state index in [1.807, 2.05) is 11.8 Å². The zero-order chi connectivity index (χ0) is 29.5. The molecule has 238 valence electrons. The fourth-order valence-electron chi connectivity index (χ4n) is 5.91. The number of carbonyl (C=O) groups is 2. The molecular weight excluding hydrogens is 490 g/mol. The fourth-order valence-corrected chi connectivity index (χ4v) is 5.91. The maximum atomic E-state index is 12.9. The van der Waals surface area contributed by atoms with Gasteiger partial charge in [-0.3, -0.25) is 9.59 Å². The topological polar surface area (TPSA) is 37.4 Å². The Morgan fingerprint density at radius 2 is 0.725 bits per heavy atom. The Bertz CT molecular complexity index is 546. The molecule has 0 fully saturated rings. The third-order valence-electron chi connectivity index (χ3n) is 8.74. The Morgan fingerprint density at radius 3 is 1.05 bits per heavy atom. The van der Waals surface area contributed by atoms with Crippen LogP contribution in [0.4, 0.5) is 0 Å². The van der Waals surface area contributed by atoms with Crippen LogP contribution in [0.1, 0.15) is 214 Å². The van der Waals surface area contributed by atoms with Gasteiger partial charge in [0.25, 0.3) is 0 Å². The van der Waals surface area contributed by atoms with Crippen LogP contribution in [0.2, 0.25) is 0 Å². The van der Waals surface area contributed by atoms with Crippen molar-refractivity contribution in [2.75, 3.05) is 6.54 Å². The smallest absolute Gasteiger partial charge is 0.223 e. The molecule has 40 heavy (non-hydrogen) atoms. The Hall–Kier alpha value is -0.860. The molecule has 0 aromatic rings. The van der Waals surface area contributed by atoms with E-state index in [0.29, 0.717) is 19.4 Å². The number of nitrogens with zero attached hydrogens (tertiary/aromatic N) is 1. The van der Waals surface area contributed by atoms with Gasteiger partial charge < -0.3 is 4.90 Å². The van der Waals surface area contributed by atoms with E-state index in [0.717, 1.165) is 32.1 Å². The van der Waals surface area contributed by atoms with Gasteiger partial charge in [0.2, 0.25) is 5.91 Å². The van der Waals surface area contributed by atoms with E-state index >= 15 is 0 Å². The normalized spacial score (nSPS) is 12.1. The van der Waals surface area contributed by atoms with Crippen LogP contribution >= 0.6 is 0 Å². The van der Waals surface area contributed by atoms with Crippen LogP contribution < -0.4 is 0 Å². The van der Waals surface area contributed by atoms with Gasteiger partial charge in [0, 0.05) is 19.4 Å². The van der Waals surface area contributed by atoms with Gasteiger partial charge in [0.05, 0.1) is 6.04 Å². The van der Waals surface area contributed by atoms with Gasteiger partial charge in [0.1, 0.15) is 0 Å². The van der Waals surface area contributed by atoms with Crippen LogP contribution in [0.25, 0.3) is 0 Å². The van der Waals surface area contributed by atoms with Gasteiger partial charge in [-0.15, -0.1) is 0 Å². The summed E-state index contributed by atoms with van der Waals surface area (Å²) in [7, 11) is 0. The highest BCUT2D eigenvalue weighted by Crippen LogP contribution is 2.16. The van der Waals surface area contributed by atoms with Crippen molar-refractivity contribution in [1.82, 2.24) is 4.90 Å². The zero-order valence-electron chi connectivity index (χ0n) is 28.1. The molecule has 0 rings (SSSR count). The van der Waals surface area contributed by atoms with Gasteiger partial charge >= 0.3 is 0 Å². The first-order chi connectivity index (χ1) is 19.6. The molecule has 0 saturated carbocycles. The molecule has 0 aliphatic rings. The van der Waals surface area contributed by atoms with Gasteiger partial charge in [0.15, 0.2) is 5.78 Å². The van der Waals surface area contributed by atoms with Crippen molar-refractivity contribution in [3.63, 3.8) is 0 Å². The van der Waals surface area contributed by atoms with E-state index in [-0.39, 0.29) is 17.7 Å². The van der Waals surface area contributed by atoms with Crippen molar-refractivity contribution >= 4 is 11.7 Å². The second-order valence-electron chi connectivity index (χ2n) is 12.7. The lowest BCUT2D eigenvalue weighted by atomic mass is 10.0. The molecule has 3 heteroatoms. The van der Waals surface area contributed by atoms with Crippen molar-refractivity contribution in [2.45, 2.75) is 220 Å². The number of hydrogen-bond donors (Lipinski definition) is 0. The summed E-state index contributed by atoms with van der Waals surface area (Å²) in [6.45, 7) is 9.33. The number of Topliss-reactive ketones (excluding diaryl/α,β-unsaturated/α-hetero) is 1.